The molecule has 5 amide bonds. The molecule has 2 unspecified atom stereocenters. The van der Waals surface area contributed by atoms with Crippen molar-refractivity contribution in [3.8, 4) is 0 Å². The van der Waals surface area contributed by atoms with Gasteiger partial charge in [-0.3, -0.25) is 4.98 Å². The van der Waals surface area contributed by atoms with Gasteiger partial charge in [0.05, 0.1) is 6.20 Å². The van der Waals surface area contributed by atoms with Crippen LogP contribution in [0.1, 0.15) is 109 Å². The van der Waals surface area contributed by atoms with Gasteiger partial charge >= 0.3 is 272 Å². The maximum atomic E-state index is 15.2. The summed E-state index contributed by atoms with van der Waals surface area (Å²) in [5.41, 5.74) is -0.917. The number of rotatable bonds is 15. The molecule has 4 rings (SSSR count). The van der Waals surface area contributed by atoms with Crippen LogP contribution >= 0.6 is 20.1 Å². The number of hydrogen-bond donors (Lipinski definition) is 4. The normalized spacial score (nSPS) is 21.2. The number of likely N-dealkylation sites (tertiary alicyclic amines) is 1. The Labute approximate surface area is 305 Å². The van der Waals surface area contributed by atoms with Crippen LogP contribution in [0, 0.1) is 17.3 Å². The second-order valence-electron chi connectivity index (χ2n) is 14.8. The molecule has 0 aromatic carbocycles. The van der Waals surface area contributed by atoms with Gasteiger partial charge < -0.3 is 0 Å². The van der Waals surface area contributed by atoms with E-state index in [1.807, 2.05) is 6.92 Å². The molecule has 0 radical (unpaired) electrons. The predicted octanol–water partition coefficient (Wildman–Crippen LogP) is 3.70. The summed E-state index contributed by atoms with van der Waals surface area (Å²) in [6.07, 6.45) is 9.37. The van der Waals surface area contributed by atoms with E-state index in [4.69, 9.17) is 0 Å². The molecule has 51 heavy (non-hydrogen) atoms. The number of alkyl halides is 3. The van der Waals surface area contributed by atoms with E-state index in [9.17, 15) is 28.8 Å². The Hall–Kier alpha value is -3.31. The molecule has 2 aliphatic carbocycles. The SMILES string of the molecule is CCCI(NC(=O)[C@@H]1CC(C(F)(F)CC)CN1C(=O)[C@@H](NC(=O)C(NC(=O)c1cnccn1)C1CCCCC1)C(C)(C)C)C(=O)C(=O)NC1CC1. The van der Waals surface area contributed by atoms with Crippen LogP contribution in [0.3, 0.4) is 0 Å². The second kappa shape index (κ2) is 17.5. The molecule has 13 nitrogen and oxygen atoms in total. The molecule has 3 aliphatic rings. The van der Waals surface area contributed by atoms with Gasteiger partial charge in [0.2, 0.25) is 0 Å². The molecule has 1 saturated heterocycles. The first kappa shape index (κ1) is 40.5. The molecular weight excluding hydrogens is 779 g/mol. The Balaban J connectivity index is 1.59. The van der Waals surface area contributed by atoms with Crippen LogP contribution in [0.4, 0.5) is 8.78 Å². The van der Waals surface area contributed by atoms with Crippen LogP contribution in [0.2, 0.25) is 0 Å². The van der Waals surface area contributed by atoms with Crippen molar-refractivity contribution in [2.45, 2.75) is 129 Å². The summed E-state index contributed by atoms with van der Waals surface area (Å²) < 4.78 is 32.8. The van der Waals surface area contributed by atoms with E-state index in [2.05, 4.69) is 29.4 Å². The number of hydrogen-bond acceptors (Lipinski definition) is 8. The van der Waals surface area contributed by atoms with E-state index in [1.54, 1.807) is 20.8 Å². The third kappa shape index (κ3) is 10.6. The van der Waals surface area contributed by atoms with Gasteiger partial charge in [0.15, 0.2) is 0 Å². The molecule has 4 N–H and O–H groups in total. The fraction of sp³-hybridized carbons (Fsp3) is 0.714. The van der Waals surface area contributed by atoms with Crippen LogP contribution in [0.5, 0.6) is 0 Å². The van der Waals surface area contributed by atoms with E-state index in [1.165, 1.54) is 25.5 Å². The molecule has 4 atom stereocenters. The number of nitrogens with zero attached hydrogens (tertiary/aromatic N) is 3. The molecule has 16 heteroatoms. The summed E-state index contributed by atoms with van der Waals surface area (Å²) in [6.45, 7) is 7.87. The van der Waals surface area contributed by atoms with Gasteiger partial charge in [-0.25, -0.2) is 4.98 Å². The zero-order valence-corrected chi connectivity index (χ0v) is 32.3. The summed E-state index contributed by atoms with van der Waals surface area (Å²) in [4.78, 5) is 90.4. The van der Waals surface area contributed by atoms with Crippen molar-refractivity contribution >= 4 is 53.4 Å². The predicted molar refractivity (Wildman–Crippen MR) is 194 cm³/mol. The van der Waals surface area contributed by atoms with Crippen LogP contribution in [0.25, 0.3) is 0 Å². The zero-order chi connectivity index (χ0) is 37.5. The van der Waals surface area contributed by atoms with E-state index in [0.29, 0.717) is 23.7 Å². The van der Waals surface area contributed by atoms with E-state index in [0.717, 1.165) is 37.0 Å². The third-order valence-corrected chi connectivity index (χ3v) is 14.7. The van der Waals surface area contributed by atoms with Crippen molar-refractivity contribution in [1.29, 1.82) is 0 Å². The molecule has 1 aromatic heterocycles. The molecule has 284 valence electrons. The van der Waals surface area contributed by atoms with Gasteiger partial charge in [0.25, 0.3) is 0 Å². The molecule has 0 bridgehead atoms. The molecule has 2 saturated carbocycles. The van der Waals surface area contributed by atoms with Gasteiger partial charge in [-0.05, 0) is 0 Å². The first-order chi connectivity index (χ1) is 24.1. The molecule has 2 heterocycles. The van der Waals surface area contributed by atoms with Crippen LogP contribution in [-0.2, 0) is 24.0 Å². The van der Waals surface area contributed by atoms with Crippen LogP contribution in [-0.4, -0.2) is 89.3 Å². The second-order valence-corrected chi connectivity index (χ2v) is 19.5. The van der Waals surface area contributed by atoms with Gasteiger partial charge in [0, 0.05) is 12.4 Å². The monoisotopic (exact) mass is 831 g/mol. The average molecular weight is 832 g/mol. The van der Waals surface area contributed by atoms with Crippen molar-refractivity contribution in [2.75, 3.05) is 11.0 Å². The fourth-order valence-corrected chi connectivity index (χ4v) is 10.4. The summed E-state index contributed by atoms with van der Waals surface area (Å²) in [5, 5.41) is 8.30. The third-order valence-electron chi connectivity index (χ3n) is 9.72. The summed E-state index contributed by atoms with van der Waals surface area (Å²) in [6, 6.07) is -3.67. The Bertz CT molecular complexity index is 1440. The summed E-state index contributed by atoms with van der Waals surface area (Å²) in [7, 11) is 0. The van der Waals surface area contributed by atoms with Gasteiger partial charge in [-0.1, -0.05) is 6.42 Å². The Kier molecular flexibility index (Phi) is 13.9. The molecular formula is C35H52F2IN7O6. The van der Waals surface area contributed by atoms with Crippen molar-refractivity contribution in [2.24, 2.45) is 17.3 Å². The number of aromatic nitrogens is 2. The van der Waals surface area contributed by atoms with E-state index >= 15 is 8.78 Å². The van der Waals surface area contributed by atoms with Gasteiger partial charge in [-0.15, -0.1) is 0 Å². The minimum absolute atomic E-state index is 0.0252. The van der Waals surface area contributed by atoms with E-state index in [-0.39, 0.29) is 24.1 Å². The zero-order valence-electron chi connectivity index (χ0n) is 30.1. The molecule has 3 fully saturated rings. The number of halogens is 3. The van der Waals surface area contributed by atoms with Crippen molar-refractivity contribution in [3.63, 3.8) is 0 Å². The van der Waals surface area contributed by atoms with Crippen LogP contribution in [0.15, 0.2) is 18.6 Å². The minimum atomic E-state index is -3.19. The Morgan fingerprint density at radius 2 is 1.67 bits per heavy atom. The van der Waals surface area contributed by atoms with Crippen molar-refractivity contribution < 1.29 is 37.5 Å². The van der Waals surface area contributed by atoms with Gasteiger partial charge in [0.1, 0.15) is 0 Å². The number of amides is 5. The number of carbonyl (C=O) groups is 6. The maximum absolute atomic E-state index is 15.2. The van der Waals surface area contributed by atoms with Crippen LogP contribution < -0.4 is 19.5 Å². The van der Waals surface area contributed by atoms with Gasteiger partial charge in [-0.2, -0.15) is 0 Å². The average Bonchev–Trinajstić information content (AvgIpc) is 3.80. The number of nitrogens with one attached hydrogen (secondary N) is 4. The molecule has 1 aromatic rings. The standard InChI is InChI=1S/C35H52F2IN7O6/c1-6-15-38(28(46)32(50)41-23-13-14-23)44-30(48)25-18-22(35(36,37)7-2)20-45(25)33(51)27(34(3,4)5)43-31(49)26(21-11-9-8-10-12-21)42-29(47)24-19-39-16-17-40-24/h16-17,19,21-23,25-27H,6-15,18,20H2,1-5H3,(H,41,50)(H,42,47)(H,43,49)(H,44,48)/t22?,25-,26?,27+/m0/s1. The first-order valence-corrected chi connectivity index (χ1v) is 21.6. The number of carbonyl (C=O) groups excluding carboxylic acids is 6. The molecule has 0 spiro atoms. The first-order valence-electron chi connectivity index (χ1n) is 17.9. The fourth-order valence-electron chi connectivity index (χ4n) is 6.58. The quantitative estimate of drug-likeness (QED) is 0.0680. The Morgan fingerprint density at radius 3 is 2.24 bits per heavy atom. The van der Waals surface area contributed by atoms with Crippen molar-refractivity contribution in [3.05, 3.63) is 24.3 Å². The van der Waals surface area contributed by atoms with Crippen molar-refractivity contribution in [1.82, 2.24) is 34.3 Å². The van der Waals surface area contributed by atoms with E-state index < -0.39 is 102 Å². The topological polar surface area (TPSA) is 180 Å². The Morgan fingerprint density at radius 1 is 0.980 bits per heavy atom. The molecule has 1 aliphatic heterocycles. The summed E-state index contributed by atoms with van der Waals surface area (Å²) in [5.74, 6) is -8.17. The summed E-state index contributed by atoms with van der Waals surface area (Å²) >= 11 is -3.13.